The van der Waals surface area contributed by atoms with Crippen LogP contribution in [0, 0.1) is 6.92 Å². The predicted octanol–water partition coefficient (Wildman–Crippen LogP) is 8.72. The van der Waals surface area contributed by atoms with Gasteiger partial charge in [0.25, 0.3) is 0 Å². The molecule has 1 aromatic heterocycles. The molecule has 2 N–H and O–H groups in total. The molecule has 1 fully saturated rings. The molecule has 9 nitrogen and oxygen atoms in total. The zero-order chi connectivity index (χ0) is 34.6. The molecule has 1 saturated heterocycles. The average Bonchev–Trinajstić information content (AvgIpc) is 3.07. The Morgan fingerprint density at radius 2 is 1.77 bits per heavy atom. The van der Waals surface area contributed by atoms with Crippen molar-refractivity contribution < 1.29 is 17.9 Å². The molecule has 260 valence electrons. The van der Waals surface area contributed by atoms with E-state index in [4.69, 9.17) is 21.1 Å². The van der Waals surface area contributed by atoms with Crippen LogP contribution in [-0.4, -0.2) is 66.0 Å². The number of hydrogen-bond donors (Lipinski definition) is 2. The van der Waals surface area contributed by atoms with E-state index in [1.54, 1.807) is 38.1 Å². The van der Waals surface area contributed by atoms with Gasteiger partial charge in [0, 0.05) is 31.3 Å². The van der Waals surface area contributed by atoms with Crippen LogP contribution >= 0.6 is 11.6 Å². The highest BCUT2D eigenvalue weighted by molar-refractivity contribution is 7.92. The van der Waals surface area contributed by atoms with Gasteiger partial charge in [-0.2, -0.15) is 4.98 Å². The number of para-hydroxylation sites is 1. The van der Waals surface area contributed by atoms with Crippen LogP contribution in [0.15, 0.2) is 53.6 Å². The summed E-state index contributed by atoms with van der Waals surface area (Å²) in [5, 5.41) is 6.16. The fraction of sp³-hybridized carbons (Fsp3) is 0.514. The van der Waals surface area contributed by atoms with Crippen molar-refractivity contribution in [2.75, 3.05) is 23.8 Å². The third kappa shape index (κ3) is 7.99. The fourth-order valence-corrected chi connectivity index (χ4v) is 8.11. The van der Waals surface area contributed by atoms with Crippen LogP contribution in [0.4, 0.5) is 23.1 Å². The van der Waals surface area contributed by atoms with Crippen molar-refractivity contribution in [1.82, 2.24) is 14.9 Å². The number of halogens is 1. The van der Waals surface area contributed by atoms with Crippen molar-refractivity contribution in [2.24, 2.45) is 0 Å². The smallest absolute Gasteiger partial charge is 0.229 e. The summed E-state index contributed by atoms with van der Waals surface area (Å²) in [5.41, 5.74) is 4.82. The second-order valence-corrected chi connectivity index (χ2v) is 16.2. The van der Waals surface area contributed by atoms with Gasteiger partial charge in [-0.25, -0.2) is 13.4 Å². The van der Waals surface area contributed by atoms with Gasteiger partial charge in [0.05, 0.1) is 33.8 Å². The maximum absolute atomic E-state index is 13.1. The van der Waals surface area contributed by atoms with Crippen molar-refractivity contribution >= 4 is 50.2 Å². The maximum atomic E-state index is 13.1. The molecule has 2 aliphatic heterocycles. The van der Waals surface area contributed by atoms with Crippen LogP contribution in [-0.2, 0) is 14.6 Å². The molecule has 2 aromatic carbocycles. The van der Waals surface area contributed by atoms with Gasteiger partial charge in [0.1, 0.15) is 10.8 Å². The Bertz CT molecular complexity index is 1720. The number of aromatic nitrogens is 2. The number of nitrogens with one attached hydrogen (secondary N) is 2. The van der Waals surface area contributed by atoms with Crippen LogP contribution in [0.5, 0.6) is 5.75 Å². The molecule has 3 aromatic rings. The number of aryl methyl sites for hydroxylation is 1. The topological polar surface area (TPSA) is 106 Å². The van der Waals surface area contributed by atoms with Crippen molar-refractivity contribution in [3.8, 4) is 5.75 Å². The van der Waals surface area contributed by atoms with Crippen molar-refractivity contribution in [3.63, 3.8) is 0 Å². The summed E-state index contributed by atoms with van der Waals surface area (Å²) in [7, 11) is -3.55. The Hall–Kier alpha value is -3.18. The molecule has 2 atom stereocenters. The van der Waals surface area contributed by atoms with Crippen molar-refractivity contribution in [2.45, 2.75) is 115 Å². The molecular weight excluding hydrogens is 646 g/mol. The lowest BCUT2D eigenvalue weighted by molar-refractivity contribution is 0.000653. The number of anilines is 4. The first-order valence-electron chi connectivity index (χ1n) is 17.2. The Morgan fingerprint density at radius 1 is 1.04 bits per heavy atom. The summed E-state index contributed by atoms with van der Waals surface area (Å²) in [4.78, 5) is 12.0. The monoisotopic (exact) mass is 695 g/mol. The van der Waals surface area contributed by atoms with E-state index in [0.29, 0.717) is 35.5 Å². The van der Waals surface area contributed by atoms with Gasteiger partial charge < -0.3 is 20.1 Å². The third-order valence-corrected chi connectivity index (χ3v) is 11.7. The summed E-state index contributed by atoms with van der Waals surface area (Å²) in [6, 6.07) is 12.4. The normalized spacial score (nSPS) is 19.4. The van der Waals surface area contributed by atoms with E-state index in [9.17, 15) is 8.42 Å². The van der Waals surface area contributed by atoms with E-state index >= 15 is 0 Å². The SMILES string of the molecule is CC[C@H]1CC(c2cc(OC(C)C)c(Nc3ncc(Cl)c(Nc4ccccc4S(=O)(=O)C(C)C)n3)cc2C)=C[C@H](CC)N1C1CCOCC1. The van der Waals surface area contributed by atoms with Gasteiger partial charge in [0.15, 0.2) is 15.7 Å². The highest BCUT2D eigenvalue weighted by atomic mass is 35.5. The largest absolute Gasteiger partial charge is 0.489 e. The fourth-order valence-electron chi connectivity index (χ4n) is 6.77. The lowest BCUT2D eigenvalue weighted by Gasteiger charge is -2.47. The number of sulfone groups is 1. The van der Waals surface area contributed by atoms with Gasteiger partial charge in [-0.05, 0) is 108 Å². The van der Waals surface area contributed by atoms with E-state index in [1.807, 2.05) is 13.8 Å². The van der Waals surface area contributed by atoms with E-state index < -0.39 is 15.1 Å². The Morgan fingerprint density at radius 3 is 2.44 bits per heavy atom. The summed E-state index contributed by atoms with van der Waals surface area (Å²) in [5.74, 6) is 1.30. The molecule has 0 bridgehead atoms. The standard InChI is InChI=1S/C37H50ClN5O4S/c1-8-27-19-26(20-28(9-2)43(27)29-14-16-46-17-15-29)30-21-34(47-23(3)4)33(18-25(30)7)41-37-39-22-31(38)36(42-37)40-32-12-10-11-13-35(32)48(44,45)24(5)6/h10-13,18-19,21-24,27-29H,8-9,14-17,20H2,1-7H3,(H2,39,40,41,42)/t27-,28-/m0/s1. The number of benzene rings is 2. The van der Waals surface area contributed by atoms with Gasteiger partial charge >= 0.3 is 0 Å². The van der Waals surface area contributed by atoms with Crippen molar-refractivity contribution in [3.05, 3.63) is 64.8 Å². The van der Waals surface area contributed by atoms with Crippen LogP contribution < -0.4 is 15.4 Å². The van der Waals surface area contributed by atoms with E-state index in [1.165, 1.54) is 17.3 Å². The minimum Gasteiger partial charge on any atom is -0.489 e. The molecule has 0 spiro atoms. The average molecular weight is 696 g/mol. The van der Waals surface area contributed by atoms with Crippen LogP contribution in [0.25, 0.3) is 5.57 Å². The van der Waals surface area contributed by atoms with E-state index in [2.05, 4.69) is 64.5 Å². The first kappa shape index (κ1) is 36.1. The second kappa shape index (κ2) is 15.6. The predicted molar refractivity (Wildman–Crippen MR) is 196 cm³/mol. The van der Waals surface area contributed by atoms with E-state index in [0.717, 1.165) is 56.6 Å². The molecular formula is C37H50ClN5O4S. The number of nitrogens with zero attached hydrogens (tertiary/aromatic N) is 3. The molecule has 0 radical (unpaired) electrons. The van der Waals surface area contributed by atoms with Crippen LogP contribution in [0.2, 0.25) is 5.02 Å². The van der Waals surface area contributed by atoms with Gasteiger partial charge in [-0.15, -0.1) is 0 Å². The Balaban J connectivity index is 1.46. The van der Waals surface area contributed by atoms with Crippen LogP contribution in [0.3, 0.4) is 0 Å². The molecule has 11 heteroatoms. The molecule has 3 heterocycles. The van der Waals surface area contributed by atoms with Crippen LogP contribution in [0.1, 0.15) is 84.8 Å². The molecule has 0 aliphatic carbocycles. The Kier molecular flexibility index (Phi) is 11.7. The molecule has 0 unspecified atom stereocenters. The molecule has 5 rings (SSSR count). The first-order valence-corrected chi connectivity index (χ1v) is 19.1. The summed E-state index contributed by atoms with van der Waals surface area (Å²) < 4.78 is 38.2. The third-order valence-electron chi connectivity index (χ3n) is 9.25. The zero-order valence-electron chi connectivity index (χ0n) is 29.2. The van der Waals surface area contributed by atoms with Crippen molar-refractivity contribution in [1.29, 1.82) is 0 Å². The number of rotatable bonds is 12. The molecule has 0 saturated carbocycles. The minimum absolute atomic E-state index is 0.0556. The number of ether oxygens (including phenoxy) is 2. The molecule has 48 heavy (non-hydrogen) atoms. The van der Waals surface area contributed by atoms with Gasteiger partial charge in [0.2, 0.25) is 5.95 Å². The highest BCUT2D eigenvalue weighted by Gasteiger charge is 2.35. The lowest BCUT2D eigenvalue weighted by atomic mass is 9.84. The second-order valence-electron chi connectivity index (χ2n) is 13.3. The summed E-state index contributed by atoms with van der Waals surface area (Å²) in [6.45, 7) is 15.8. The number of hydrogen-bond acceptors (Lipinski definition) is 9. The minimum atomic E-state index is -3.55. The maximum Gasteiger partial charge on any atom is 0.229 e. The van der Waals surface area contributed by atoms with E-state index in [-0.39, 0.29) is 21.8 Å². The van der Waals surface area contributed by atoms with Gasteiger partial charge in [-0.3, -0.25) is 4.90 Å². The summed E-state index contributed by atoms with van der Waals surface area (Å²) >= 11 is 6.51. The molecule has 2 aliphatic rings. The molecule has 0 amide bonds. The zero-order valence-corrected chi connectivity index (χ0v) is 30.8. The first-order chi connectivity index (χ1) is 22.9. The lowest BCUT2D eigenvalue weighted by Crippen LogP contribution is -2.52. The summed E-state index contributed by atoms with van der Waals surface area (Å²) in [6.07, 6.45) is 9.25. The Labute approximate surface area is 291 Å². The van der Waals surface area contributed by atoms with Gasteiger partial charge in [-0.1, -0.05) is 43.7 Å². The quantitative estimate of drug-likeness (QED) is 0.192. The highest BCUT2D eigenvalue weighted by Crippen LogP contribution is 2.40.